The van der Waals surface area contributed by atoms with E-state index in [4.69, 9.17) is 0 Å². The number of rotatable bonds is 3. The number of hydrogen-bond donors (Lipinski definition) is 2. The van der Waals surface area contributed by atoms with E-state index in [-0.39, 0.29) is 11.5 Å². The van der Waals surface area contributed by atoms with Gasteiger partial charge in [-0.2, -0.15) is 5.10 Å². The van der Waals surface area contributed by atoms with E-state index in [9.17, 15) is 4.79 Å². The molecule has 1 aromatic heterocycles. The molecule has 104 valence electrons. The van der Waals surface area contributed by atoms with Crippen molar-refractivity contribution in [3.05, 3.63) is 50.9 Å². The molecule has 2 rings (SSSR count). The maximum atomic E-state index is 11.4. The highest BCUT2D eigenvalue weighted by Gasteiger charge is 2.02. The molecule has 0 atom stereocenters. The molecule has 0 aliphatic rings. The van der Waals surface area contributed by atoms with Crippen LogP contribution in [0.25, 0.3) is 0 Å². The fourth-order valence-electron chi connectivity index (χ4n) is 1.61. The van der Waals surface area contributed by atoms with Crippen molar-refractivity contribution in [2.45, 2.75) is 27.7 Å². The van der Waals surface area contributed by atoms with E-state index < -0.39 is 0 Å². The van der Waals surface area contributed by atoms with Gasteiger partial charge in [-0.05, 0) is 50.5 Å². The molecule has 0 unspecified atom stereocenters. The Labute approximate surface area is 117 Å². The Balaban J connectivity index is 2.19. The summed E-state index contributed by atoms with van der Waals surface area (Å²) in [5.74, 6) is 0.226. The second kappa shape index (κ2) is 5.64. The fraction of sp³-hybridized carbons (Fsp3) is 0.286. The molecule has 0 amide bonds. The molecule has 0 saturated heterocycles. The Morgan fingerprint density at radius 3 is 2.60 bits per heavy atom. The van der Waals surface area contributed by atoms with Crippen LogP contribution in [0, 0.1) is 20.8 Å². The third-order valence-corrected chi connectivity index (χ3v) is 3.11. The third kappa shape index (κ3) is 3.09. The minimum Gasteiger partial charge on any atom is -0.288 e. The lowest BCUT2D eigenvalue weighted by Gasteiger charge is -2.05. The predicted octanol–water partition coefficient (Wildman–Crippen LogP) is 1.93. The van der Waals surface area contributed by atoms with Gasteiger partial charge < -0.3 is 0 Å². The zero-order valence-corrected chi connectivity index (χ0v) is 12.0. The third-order valence-electron chi connectivity index (χ3n) is 3.11. The number of nitrogens with zero attached hydrogens (tertiary/aromatic N) is 3. The van der Waals surface area contributed by atoms with Crippen LogP contribution in [-0.4, -0.2) is 20.9 Å². The molecule has 6 nitrogen and oxygen atoms in total. The first kappa shape index (κ1) is 13.9. The van der Waals surface area contributed by atoms with Gasteiger partial charge in [0.1, 0.15) is 5.69 Å². The molecular weight excluding hydrogens is 254 g/mol. The average Bonchev–Trinajstić information content (AvgIpc) is 2.43. The summed E-state index contributed by atoms with van der Waals surface area (Å²) in [7, 11) is 0. The largest absolute Gasteiger partial charge is 0.288 e. The highest BCUT2D eigenvalue weighted by Crippen LogP contribution is 2.10. The van der Waals surface area contributed by atoms with Crippen molar-refractivity contribution < 1.29 is 0 Å². The Morgan fingerprint density at radius 2 is 1.95 bits per heavy atom. The molecule has 0 aliphatic carbocycles. The summed E-state index contributed by atoms with van der Waals surface area (Å²) in [6, 6.07) is 6.13. The molecule has 0 saturated carbocycles. The molecule has 0 fully saturated rings. The Bertz CT molecular complexity index is 718. The van der Waals surface area contributed by atoms with E-state index in [1.54, 1.807) is 6.92 Å². The van der Waals surface area contributed by atoms with Gasteiger partial charge in [-0.1, -0.05) is 12.1 Å². The summed E-state index contributed by atoms with van der Waals surface area (Å²) in [5, 5.41) is 11.7. The van der Waals surface area contributed by atoms with Gasteiger partial charge in [-0.15, -0.1) is 10.2 Å². The average molecular weight is 271 g/mol. The second-order valence-electron chi connectivity index (χ2n) is 4.70. The quantitative estimate of drug-likeness (QED) is 0.660. The van der Waals surface area contributed by atoms with Crippen molar-refractivity contribution in [1.29, 1.82) is 0 Å². The lowest BCUT2D eigenvalue weighted by Crippen LogP contribution is -2.16. The van der Waals surface area contributed by atoms with E-state index in [1.165, 1.54) is 11.1 Å². The van der Waals surface area contributed by atoms with Crippen LogP contribution >= 0.6 is 0 Å². The van der Waals surface area contributed by atoms with Crippen LogP contribution in [-0.2, 0) is 0 Å². The molecule has 20 heavy (non-hydrogen) atoms. The summed E-state index contributed by atoms with van der Waals surface area (Å²) < 4.78 is 0. The molecule has 2 N–H and O–H groups in total. The zero-order valence-electron chi connectivity index (χ0n) is 12.0. The molecule has 0 radical (unpaired) electrons. The first-order chi connectivity index (χ1) is 9.47. The highest BCUT2D eigenvalue weighted by atomic mass is 16.1. The number of nitrogens with one attached hydrogen (secondary N) is 2. The van der Waals surface area contributed by atoms with E-state index in [2.05, 4.69) is 51.7 Å². The summed E-state index contributed by atoms with van der Waals surface area (Å²) in [6.07, 6.45) is 0. The van der Waals surface area contributed by atoms with Gasteiger partial charge >= 0.3 is 0 Å². The smallest absolute Gasteiger partial charge is 0.274 e. The number of aromatic nitrogens is 3. The summed E-state index contributed by atoms with van der Waals surface area (Å²) in [5.41, 5.74) is 7.02. The first-order valence-corrected chi connectivity index (χ1v) is 6.29. The summed E-state index contributed by atoms with van der Waals surface area (Å²) in [4.78, 5) is 13.9. The van der Waals surface area contributed by atoms with Gasteiger partial charge in [0, 0.05) is 0 Å². The summed E-state index contributed by atoms with van der Waals surface area (Å²) in [6.45, 7) is 7.61. The predicted molar refractivity (Wildman–Crippen MR) is 79.1 cm³/mol. The van der Waals surface area contributed by atoms with Crippen LogP contribution in [0.5, 0.6) is 0 Å². The number of aryl methyl sites for hydroxylation is 3. The molecule has 0 spiro atoms. The normalized spacial score (nSPS) is 11.5. The van der Waals surface area contributed by atoms with Crippen LogP contribution in [0.2, 0.25) is 0 Å². The van der Waals surface area contributed by atoms with Gasteiger partial charge in [0.2, 0.25) is 5.95 Å². The molecule has 6 heteroatoms. The van der Waals surface area contributed by atoms with Crippen molar-refractivity contribution in [3.63, 3.8) is 0 Å². The number of hydrazone groups is 1. The van der Waals surface area contributed by atoms with Crippen LogP contribution in [0.3, 0.4) is 0 Å². The lowest BCUT2D eigenvalue weighted by atomic mass is 10.0. The molecule has 0 aliphatic heterocycles. The standard InChI is InChI=1S/C14H17N5O/c1-8-5-6-12(7-9(8)2)10(3)16-18-14-15-13(20)11(4)17-19-14/h5-7H,1-4H3,(H2,15,18,19,20)/b16-10+. The zero-order chi connectivity index (χ0) is 14.7. The van der Waals surface area contributed by atoms with Crippen LogP contribution in [0.15, 0.2) is 28.1 Å². The van der Waals surface area contributed by atoms with Gasteiger partial charge in [-0.25, -0.2) is 5.43 Å². The van der Waals surface area contributed by atoms with E-state index in [0.717, 1.165) is 11.3 Å². The van der Waals surface area contributed by atoms with Gasteiger partial charge in [0.15, 0.2) is 0 Å². The van der Waals surface area contributed by atoms with Crippen molar-refractivity contribution in [2.24, 2.45) is 5.10 Å². The number of anilines is 1. The van der Waals surface area contributed by atoms with E-state index >= 15 is 0 Å². The van der Waals surface area contributed by atoms with Crippen molar-refractivity contribution in [2.75, 3.05) is 5.43 Å². The highest BCUT2D eigenvalue weighted by molar-refractivity contribution is 5.99. The molecular formula is C14H17N5O. The Hall–Kier alpha value is -2.50. The molecule has 1 aromatic carbocycles. The second-order valence-corrected chi connectivity index (χ2v) is 4.70. The molecule has 0 bridgehead atoms. The SMILES string of the molecule is C/C(=N\Nc1nnc(C)c(=O)[nH]1)c1ccc(C)c(C)c1. The maximum absolute atomic E-state index is 11.4. The van der Waals surface area contributed by atoms with Gasteiger partial charge in [0.25, 0.3) is 5.56 Å². The van der Waals surface area contributed by atoms with Crippen molar-refractivity contribution >= 4 is 11.7 Å². The monoisotopic (exact) mass is 271 g/mol. The Morgan fingerprint density at radius 1 is 1.20 bits per heavy atom. The van der Waals surface area contributed by atoms with Crippen molar-refractivity contribution in [3.8, 4) is 0 Å². The Kier molecular flexibility index (Phi) is 3.93. The van der Waals surface area contributed by atoms with Gasteiger partial charge in [-0.3, -0.25) is 9.78 Å². The molecule has 2 aromatic rings. The first-order valence-electron chi connectivity index (χ1n) is 6.29. The summed E-state index contributed by atoms with van der Waals surface area (Å²) >= 11 is 0. The topological polar surface area (TPSA) is 83.0 Å². The van der Waals surface area contributed by atoms with Gasteiger partial charge in [0.05, 0.1) is 5.71 Å². The van der Waals surface area contributed by atoms with Crippen LogP contribution in [0.4, 0.5) is 5.95 Å². The molecule has 1 heterocycles. The lowest BCUT2D eigenvalue weighted by molar-refractivity contribution is 0.897. The van der Waals surface area contributed by atoms with Crippen molar-refractivity contribution in [1.82, 2.24) is 15.2 Å². The van der Waals surface area contributed by atoms with Crippen LogP contribution in [0.1, 0.15) is 29.3 Å². The minimum absolute atomic E-state index is 0.226. The van der Waals surface area contributed by atoms with E-state index in [0.29, 0.717) is 5.69 Å². The number of aromatic amines is 1. The maximum Gasteiger partial charge on any atom is 0.274 e. The number of H-pyrrole nitrogens is 1. The van der Waals surface area contributed by atoms with E-state index in [1.807, 2.05) is 13.0 Å². The minimum atomic E-state index is -0.276. The fourth-order valence-corrected chi connectivity index (χ4v) is 1.61. The van der Waals surface area contributed by atoms with Crippen LogP contribution < -0.4 is 11.0 Å². The number of hydrogen-bond acceptors (Lipinski definition) is 5. The number of benzene rings is 1.